The smallest absolute Gasteiger partial charge is 0.206 e. The van der Waals surface area contributed by atoms with Crippen LogP contribution in [0, 0.1) is 0 Å². The van der Waals surface area contributed by atoms with Crippen molar-refractivity contribution < 1.29 is 9.46 Å². The topological polar surface area (TPSA) is 37.3 Å². The molecule has 2 aliphatic carbocycles. The van der Waals surface area contributed by atoms with Crippen LogP contribution in [0.1, 0.15) is 89.9 Å². The van der Waals surface area contributed by atoms with Crippen LogP contribution in [0.5, 0.6) is 0 Å². The Morgan fingerprint density at radius 3 is 1.16 bits per heavy atom. The lowest BCUT2D eigenvalue weighted by molar-refractivity contribution is 0.396. The van der Waals surface area contributed by atoms with E-state index in [0.29, 0.717) is 0 Å². The first-order valence-electron chi connectivity index (χ1n) is 8.53. The molecule has 0 heterocycles. The van der Waals surface area contributed by atoms with Gasteiger partial charge in [0.1, 0.15) is 0 Å². The van der Waals surface area contributed by atoms with E-state index in [1.54, 1.807) is 0 Å². The van der Waals surface area contributed by atoms with Crippen molar-refractivity contribution in [3.63, 3.8) is 0 Å². The summed E-state index contributed by atoms with van der Waals surface area (Å²) in [6, 6.07) is 0. The summed E-state index contributed by atoms with van der Waals surface area (Å²) in [7, 11) is -2.94. The summed E-state index contributed by atoms with van der Waals surface area (Å²) in [5.74, 6) is 0. The molecule has 0 bridgehead atoms. The molecule has 0 amide bonds. The molecule has 0 unspecified atom stereocenters. The predicted octanol–water partition coefficient (Wildman–Crippen LogP) is 5.48. The molecule has 2 fully saturated rings. The van der Waals surface area contributed by atoms with Crippen LogP contribution in [0.2, 0.25) is 0 Å². The molecule has 0 atom stereocenters. The Morgan fingerprint density at radius 1 is 0.579 bits per heavy atom. The maximum Gasteiger partial charge on any atom is 0.206 e. The summed E-state index contributed by atoms with van der Waals surface area (Å²) < 4.78 is 13.0. The zero-order valence-corrected chi connectivity index (χ0v) is 13.3. The number of hydrogen-bond donors (Lipinski definition) is 1. The van der Waals surface area contributed by atoms with Gasteiger partial charge in [0.05, 0.1) is 0 Å². The quantitative estimate of drug-likeness (QED) is 0.682. The van der Waals surface area contributed by atoms with Crippen molar-refractivity contribution in [2.45, 2.75) is 101 Å². The van der Waals surface area contributed by atoms with E-state index in [2.05, 4.69) is 0 Å². The fourth-order valence-electron chi connectivity index (χ4n) is 3.91. The Hall–Kier alpha value is 0.190. The highest BCUT2D eigenvalue weighted by Crippen LogP contribution is 2.58. The van der Waals surface area contributed by atoms with E-state index >= 15 is 0 Å². The van der Waals surface area contributed by atoms with Crippen LogP contribution in [0.3, 0.4) is 0 Å². The Kier molecular flexibility index (Phi) is 6.42. The van der Waals surface area contributed by atoms with Crippen molar-refractivity contribution in [3.05, 3.63) is 0 Å². The van der Waals surface area contributed by atoms with Gasteiger partial charge in [0.2, 0.25) is 7.37 Å². The van der Waals surface area contributed by atoms with Crippen LogP contribution in [0.4, 0.5) is 0 Å². The van der Waals surface area contributed by atoms with Gasteiger partial charge in [-0.25, -0.2) is 0 Å². The average molecular weight is 286 g/mol. The average Bonchev–Trinajstić information content (AvgIpc) is 2.26. The van der Waals surface area contributed by atoms with E-state index in [1.807, 2.05) is 0 Å². The normalized spacial score (nSPS) is 26.2. The standard InChI is InChI=1S/C16H31O2P/c17-19(18,15-11-7-3-1-4-8-12-15)16-13-9-5-2-6-10-14-16/h15-16H,1-14H2,(H,17,18). The summed E-state index contributed by atoms with van der Waals surface area (Å²) >= 11 is 0. The van der Waals surface area contributed by atoms with Gasteiger partial charge in [0, 0.05) is 11.3 Å². The highest BCUT2D eigenvalue weighted by atomic mass is 31.2. The Labute approximate surface area is 118 Å². The minimum Gasteiger partial charge on any atom is -0.344 e. The van der Waals surface area contributed by atoms with Gasteiger partial charge >= 0.3 is 0 Å². The first-order chi connectivity index (χ1) is 9.21. The molecule has 2 aliphatic rings. The summed E-state index contributed by atoms with van der Waals surface area (Å²) in [4.78, 5) is 10.8. The molecule has 0 spiro atoms. The molecule has 0 radical (unpaired) electrons. The number of hydrogen-bond acceptors (Lipinski definition) is 1. The largest absolute Gasteiger partial charge is 0.344 e. The van der Waals surface area contributed by atoms with Gasteiger partial charge in [-0.3, -0.25) is 4.57 Å². The molecule has 2 nitrogen and oxygen atoms in total. The lowest BCUT2D eigenvalue weighted by Crippen LogP contribution is -2.21. The van der Waals surface area contributed by atoms with Crippen LogP contribution < -0.4 is 0 Å². The monoisotopic (exact) mass is 286 g/mol. The maximum atomic E-state index is 13.0. The predicted molar refractivity (Wildman–Crippen MR) is 82.0 cm³/mol. The molecule has 19 heavy (non-hydrogen) atoms. The lowest BCUT2D eigenvalue weighted by atomic mass is 10.00. The molecule has 0 aromatic rings. The van der Waals surface area contributed by atoms with E-state index in [9.17, 15) is 9.46 Å². The summed E-state index contributed by atoms with van der Waals surface area (Å²) in [6.07, 6.45) is 16.4. The second kappa shape index (κ2) is 7.84. The van der Waals surface area contributed by atoms with Crippen molar-refractivity contribution in [3.8, 4) is 0 Å². The fourth-order valence-corrected chi connectivity index (χ4v) is 6.71. The summed E-state index contributed by atoms with van der Waals surface area (Å²) in [6.45, 7) is 0. The fraction of sp³-hybridized carbons (Fsp3) is 1.00. The molecular formula is C16H31O2P. The van der Waals surface area contributed by atoms with Gasteiger partial charge in [-0.2, -0.15) is 0 Å². The number of rotatable bonds is 2. The van der Waals surface area contributed by atoms with Crippen molar-refractivity contribution in [2.75, 3.05) is 0 Å². The van der Waals surface area contributed by atoms with Crippen molar-refractivity contribution in [1.29, 1.82) is 0 Å². The third-order valence-electron chi connectivity index (χ3n) is 5.20. The highest BCUT2D eigenvalue weighted by molar-refractivity contribution is 7.59. The van der Waals surface area contributed by atoms with Crippen LogP contribution in [-0.4, -0.2) is 16.2 Å². The maximum absolute atomic E-state index is 13.0. The first kappa shape index (κ1) is 15.6. The van der Waals surface area contributed by atoms with Gasteiger partial charge in [-0.15, -0.1) is 0 Å². The molecule has 0 saturated heterocycles. The molecular weight excluding hydrogens is 255 g/mol. The Morgan fingerprint density at radius 2 is 0.842 bits per heavy atom. The van der Waals surface area contributed by atoms with Crippen LogP contribution in [0.15, 0.2) is 0 Å². The van der Waals surface area contributed by atoms with Crippen molar-refractivity contribution >= 4 is 7.37 Å². The van der Waals surface area contributed by atoms with Gasteiger partial charge < -0.3 is 4.89 Å². The highest BCUT2D eigenvalue weighted by Gasteiger charge is 2.38. The summed E-state index contributed by atoms with van der Waals surface area (Å²) in [5, 5.41) is 0. The molecule has 2 saturated carbocycles. The van der Waals surface area contributed by atoms with Gasteiger partial charge in [0.25, 0.3) is 0 Å². The third kappa shape index (κ3) is 4.60. The molecule has 0 aromatic carbocycles. The molecule has 3 heteroatoms. The Balaban J connectivity index is 1.98. The van der Waals surface area contributed by atoms with E-state index < -0.39 is 7.37 Å². The third-order valence-corrected chi connectivity index (χ3v) is 8.32. The molecule has 2 rings (SSSR count). The second-order valence-corrected chi connectivity index (χ2v) is 9.48. The van der Waals surface area contributed by atoms with Gasteiger partial charge in [-0.1, -0.05) is 64.2 Å². The minimum absolute atomic E-state index is 0.122. The van der Waals surface area contributed by atoms with Gasteiger partial charge in [-0.05, 0) is 25.7 Å². The van der Waals surface area contributed by atoms with Crippen LogP contribution in [-0.2, 0) is 4.57 Å². The van der Waals surface area contributed by atoms with Crippen LogP contribution >= 0.6 is 7.37 Å². The van der Waals surface area contributed by atoms with Crippen LogP contribution in [0.25, 0.3) is 0 Å². The molecule has 0 aromatic heterocycles. The zero-order valence-electron chi connectivity index (χ0n) is 12.4. The van der Waals surface area contributed by atoms with Gasteiger partial charge in [0.15, 0.2) is 0 Å². The minimum atomic E-state index is -2.94. The lowest BCUT2D eigenvalue weighted by Gasteiger charge is -2.32. The van der Waals surface area contributed by atoms with Crippen molar-refractivity contribution in [2.24, 2.45) is 0 Å². The Bertz CT molecular complexity index is 261. The van der Waals surface area contributed by atoms with E-state index in [1.165, 1.54) is 64.2 Å². The summed E-state index contributed by atoms with van der Waals surface area (Å²) in [5.41, 5.74) is 0.245. The van der Waals surface area contributed by atoms with Crippen molar-refractivity contribution in [1.82, 2.24) is 0 Å². The molecule has 0 aliphatic heterocycles. The molecule has 1 N–H and O–H groups in total. The van der Waals surface area contributed by atoms with E-state index in [-0.39, 0.29) is 11.3 Å². The van der Waals surface area contributed by atoms with E-state index in [4.69, 9.17) is 0 Å². The second-order valence-electron chi connectivity index (χ2n) is 6.67. The molecule has 112 valence electrons. The zero-order chi connectivity index (χ0) is 13.6. The van der Waals surface area contributed by atoms with E-state index in [0.717, 1.165) is 25.7 Å². The first-order valence-corrected chi connectivity index (χ1v) is 10.3. The SMILES string of the molecule is O=P(O)(C1CCCCCCC1)C1CCCCCCC1.